The van der Waals surface area contributed by atoms with Gasteiger partial charge in [-0.1, -0.05) is 12.1 Å². The molecule has 2 heterocycles. The highest BCUT2D eigenvalue weighted by Gasteiger charge is 2.33. The first-order valence-electron chi connectivity index (χ1n) is 8.83. The van der Waals surface area contributed by atoms with Gasteiger partial charge in [0.2, 0.25) is 0 Å². The van der Waals surface area contributed by atoms with Gasteiger partial charge < -0.3 is 10.0 Å². The van der Waals surface area contributed by atoms with Crippen LogP contribution in [0.3, 0.4) is 0 Å². The number of anilines is 1. The maximum atomic E-state index is 13.2. The summed E-state index contributed by atoms with van der Waals surface area (Å²) in [6.07, 6.45) is -0.997. The van der Waals surface area contributed by atoms with Gasteiger partial charge in [0.1, 0.15) is 5.82 Å². The Morgan fingerprint density at radius 3 is 2.50 bits per heavy atom. The molecule has 1 N–H and O–H groups in total. The van der Waals surface area contributed by atoms with Crippen molar-refractivity contribution in [1.29, 1.82) is 0 Å². The molecule has 2 aromatic rings. The van der Waals surface area contributed by atoms with E-state index >= 15 is 0 Å². The van der Waals surface area contributed by atoms with Crippen LogP contribution in [0, 0.1) is 5.92 Å². The second-order valence-electron chi connectivity index (χ2n) is 7.03. The Labute approximate surface area is 161 Å². The predicted molar refractivity (Wildman–Crippen MR) is 99.8 cm³/mol. The van der Waals surface area contributed by atoms with Crippen molar-refractivity contribution in [3.05, 3.63) is 42.1 Å². The molecule has 1 aliphatic heterocycles. The third-order valence-corrected chi connectivity index (χ3v) is 5.99. The van der Waals surface area contributed by atoms with Crippen molar-refractivity contribution in [3.63, 3.8) is 0 Å². The Balaban J connectivity index is 2.08. The number of aromatic nitrogens is 1. The lowest BCUT2D eigenvalue weighted by Crippen LogP contribution is -2.37. The molecule has 0 amide bonds. The Morgan fingerprint density at radius 1 is 1.25 bits per heavy atom. The molecule has 0 spiro atoms. The van der Waals surface area contributed by atoms with Crippen LogP contribution in [0.2, 0.25) is 0 Å². The van der Waals surface area contributed by atoms with Crippen LogP contribution in [0.1, 0.15) is 18.4 Å². The molecule has 0 bridgehead atoms. The van der Waals surface area contributed by atoms with E-state index in [4.69, 9.17) is 0 Å². The summed E-state index contributed by atoms with van der Waals surface area (Å²) in [4.78, 5) is 6.06. The molecule has 0 aliphatic carbocycles. The van der Waals surface area contributed by atoms with E-state index in [1.165, 1.54) is 24.3 Å². The minimum Gasteiger partial charge on any atom is -0.396 e. The van der Waals surface area contributed by atoms with Gasteiger partial charge in [-0.05, 0) is 42.5 Å². The molecule has 1 aliphatic rings. The van der Waals surface area contributed by atoms with E-state index in [1.54, 1.807) is 0 Å². The second-order valence-corrected chi connectivity index (χ2v) is 9.04. The summed E-state index contributed by atoms with van der Waals surface area (Å²) in [7, 11) is -3.41. The van der Waals surface area contributed by atoms with Gasteiger partial charge >= 0.3 is 6.18 Å². The van der Waals surface area contributed by atoms with Crippen LogP contribution in [-0.2, 0) is 16.0 Å². The van der Waals surface area contributed by atoms with Crippen molar-refractivity contribution in [3.8, 4) is 11.1 Å². The third-order valence-electron chi connectivity index (χ3n) is 4.86. The third kappa shape index (κ3) is 4.47. The molecule has 9 heteroatoms. The molecule has 0 saturated carbocycles. The van der Waals surface area contributed by atoms with Crippen molar-refractivity contribution < 1.29 is 26.7 Å². The van der Waals surface area contributed by atoms with Crippen LogP contribution in [0.15, 0.2) is 41.4 Å². The van der Waals surface area contributed by atoms with E-state index in [1.807, 2.05) is 4.90 Å². The average molecular weight is 414 g/mol. The molecule has 28 heavy (non-hydrogen) atoms. The number of pyridine rings is 1. The van der Waals surface area contributed by atoms with Gasteiger partial charge in [0.05, 0.1) is 10.5 Å². The largest absolute Gasteiger partial charge is 0.417 e. The second kappa shape index (κ2) is 7.71. The summed E-state index contributed by atoms with van der Waals surface area (Å²) in [5.74, 6) is 0.441. The molecule has 1 saturated heterocycles. The van der Waals surface area contributed by atoms with E-state index in [2.05, 4.69) is 4.98 Å². The molecule has 5 nitrogen and oxygen atoms in total. The van der Waals surface area contributed by atoms with Crippen LogP contribution in [0.5, 0.6) is 0 Å². The number of rotatable bonds is 4. The van der Waals surface area contributed by atoms with E-state index in [0.29, 0.717) is 24.5 Å². The van der Waals surface area contributed by atoms with Gasteiger partial charge in [-0.3, -0.25) is 0 Å². The number of hydrogen-bond donors (Lipinski definition) is 1. The Kier molecular flexibility index (Phi) is 5.67. The molecule has 3 rings (SSSR count). The van der Waals surface area contributed by atoms with E-state index < -0.39 is 21.6 Å². The first kappa shape index (κ1) is 20.6. The van der Waals surface area contributed by atoms with Crippen molar-refractivity contribution in [2.24, 2.45) is 5.92 Å². The van der Waals surface area contributed by atoms with Crippen molar-refractivity contribution in [2.75, 3.05) is 30.9 Å². The Hall–Kier alpha value is -2.13. The first-order valence-corrected chi connectivity index (χ1v) is 10.7. The normalized spacial score (nSPS) is 18.3. The van der Waals surface area contributed by atoms with Gasteiger partial charge in [-0.15, -0.1) is 0 Å². The number of alkyl halides is 3. The summed E-state index contributed by atoms with van der Waals surface area (Å²) in [6.45, 7) is 1.14. The first-order chi connectivity index (χ1) is 13.1. The quantitative estimate of drug-likeness (QED) is 0.831. The smallest absolute Gasteiger partial charge is 0.396 e. The number of sulfone groups is 1. The van der Waals surface area contributed by atoms with E-state index in [9.17, 15) is 26.7 Å². The zero-order valence-corrected chi connectivity index (χ0v) is 16.1. The maximum Gasteiger partial charge on any atom is 0.417 e. The fraction of sp³-hybridized carbons (Fsp3) is 0.421. The summed E-state index contributed by atoms with van der Waals surface area (Å²) in [5.41, 5.74) is -0.130. The van der Waals surface area contributed by atoms with Gasteiger partial charge in [-0.2, -0.15) is 13.2 Å². The van der Waals surface area contributed by atoms with Gasteiger partial charge in [0.25, 0.3) is 0 Å². The summed E-state index contributed by atoms with van der Waals surface area (Å²) >= 11 is 0. The standard InChI is InChI=1S/C19H21F3N2O3S/c1-28(26,27)16-6-4-14(5-7-16)17-9-15(19(20,21)22)10-23-18(17)24-8-2-3-13(11-24)12-25/h4-7,9-10,13,25H,2-3,8,11-12H2,1H3/t13-/m0/s1. The maximum absolute atomic E-state index is 13.2. The predicted octanol–water partition coefficient (Wildman–Crippen LogP) is 3.38. The number of aliphatic hydroxyl groups is 1. The van der Waals surface area contributed by atoms with Crippen molar-refractivity contribution in [1.82, 2.24) is 4.98 Å². The lowest BCUT2D eigenvalue weighted by molar-refractivity contribution is -0.137. The number of aliphatic hydroxyl groups excluding tert-OH is 1. The highest BCUT2D eigenvalue weighted by molar-refractivity contribution is 7.90. The van der Waals surface area contributed by atoms with Crippen LogP contribution in [-0.4, -0.2) is 44.5 Å². The monoisotopic (exact) mass is 414 g/mol. The van der Waals surface area contributed by atoms with Crippen LogP contribution in [0.25, 0.3) is 11.1 Å². The zero-order valence-electron chi connectivity index (χ0n) is 15.3. The molecule has 1 aromatic heterocycles. The molecule has 1 fully saturated rings. The van der Waals surface area contributed by atoms with Gasteiger partial charge in [-0.25, -0.2) is 13.4 Å². The summed E-state index contributed by atoms with van der Waals surface area (Å²) in [5, 5.41) is 9.45. The number of benzene rings is 1. The van der Waals surface area contributed by atoms with Crippen molar-refractivity contribution in [2.45, 2.75) is 23.9 Å². The Morgan fingerprint density at radius 2 is 1.93 bits per heavy atom. The SMILES string of the molecule is CS(=O)(=O)c1ccc(-c2cc(C(F)(F)F)cnc2N2CCC[C@H](CO)C2)cc1. The van der Waals surface area contributed by atoms with Crippen LogP contribution < -0.4 is 4.90 Å². The van der Waals surface area contributed by atoms with Crippen LogP contribution in [0.4, 0.5) is 19.0 Å². The summed E-state index contributed by atoms with van der Waals surface area (Å²) in [6, 6.07) is 6.78. The molecular formula is C19H21F3N2O3S. The number of piperidine rings is 1. The topological polar surface area (TPSA) is 70.5 Å². The highest BCUT2D eigenvalue weighted by atomic mass is 32.2. The van der Waals surface area contributed by atoms with Gasteiger partial charge in [0, 0.05) is 37.7 Å². The molecule has 0 unspecified atom stereocenters. The number of halogens is 3. The minimum absolute atomic E-state index is 0.00945. The molecule has 1 aromatic carbocycles. The fourth-order valence-electron chi connectivity index (χ4n) is 3.37. The van der Waals surface area contributed by atoms with Gasteiger partial charge in [0.15, 0.2) is 9.84 Å². The highest BCUT2D eigenvalue weighted by Crippen LogP contribution is 2.37. The minimum atomic E-state index is -4.54. The van der Waals surface area contributed by atoms with E-state index in [0.717, 1.165) is 31.4 Å². The van der Waals surface area contributed by atoms with Crippen molar-refractivity contribution >= 4 is 15.7 Å². The molecule has 152 valence electrons. The fourth-order valence-corrected chi connectivity index (χ4v) is 4.00. The lowest BCUT2D eigenvalue weighted by atomic mass is 9.97. The molecule has 0 radical (unpaired) electrons. The van der Waals surface area contributed by atoms with E-state index in [-0.39, 0.29) is 23.0 Å². The average Bonchev–Trinajstić information content (AvgIpc) is 2.66. The molecular weight excluding hydrogens is 393 g/mol. The zero-order chi connectivity index (χ0) is 20.5. The number of hydrogen-bond acceptors (Lipinski definition) is 5. The molecule has 1 atom stereocenters. The lowest BCUT2D eigenvalue weighted by Gasteiger charge is -2.34. The number of nitrogens with zero attached hydrogens (tertiary/aromatic N) is 2. The van der Waals surface area contributed by atoms with Crippen LogP contribution >= 0.6 is 0 Å². The Bertz CT molecular complexity index is 944. The summed E-state index contributed by atoms with van der Waals surface area (Å²) < 4.78 is 63.0.